The Hall–Kier alpha value is -4.57. The zero-order chi connectivity index (χ0) is 33.3. The molecule has 1 N–H and O–H groups in total. The number of anilines is 2. The normalized spacial score (nSPS) is 19.1. The van der Waals surface area contributed by atoms with Gasteiger partial charge in [0.05, 0.1) is 11.6 Å². The summed E-state index contributed by atoms with van der Waals surface area (Å²) < 4.78 is 78.5. The summed E-state index contributed by atoms with van der Waals surface area (Å²) >= 11 is 0. The van der Waals surface area contributed by atoms with E-state index >= 15 is 0 Å². The van der Waals surface area contributed by atoms with Crippen LogP contribution in [0.2, 0.25) is 0 Å². The quantitative estimate of drug-likeness (QED) is 0.289. The second kappa shape index (κ2) is 13.0. The molecular weight excluding hydrogens is 619 g/mol. The van der Waals surface area contributed by atoms with E-state index in [1.165, 1.54) is 12.4 Å². The lowest BCUT2D eigenvalue weighted by Crippen LogP contribution is -2.45. The highest BCUT2D eigenvalue weighted by molar-refractivity contribution is 5.93. The Morgan fingerprint density at radius 1 is 1.02 bits per heavy atom. The van der Waals surface area contributed by atoms with Crippen molar-refractivity contribution in [2.75, 3.05) is 43.0 Å². The molecule has 2 amide bonds. The number of amides is 2. The van der Waals surface area contributed by atoms with Crippen LogP contribution in [-0.2, 0) is 4.74 Å². The van der Waals surface area contributed by atoms with E-state index in [1.54, 1.807) is 42.5 Å². The molecule has 4 heterocycles. The molecule has 2 atom stereocenters. The molecule has 2 aliphatic heterocycles. The van der Waals surface area contributed by atoms with Crippen molar-refractivity contribution in [3.63, 3.8) is 0 Å². The minimum absolute atomic E-state index is 0.00621. The van der Waals surface area contributed by atoms with E-state index in [0.717, 1.165) is 6.07 Å². The van der Waals surface area contributed by atoms with Crippen LogP contribution in [0.3, 0.4) is 0 Å². The number of carbonyl (C=O) groups is 2. The number of hydrogen-bond donors (Lipinski definition) is 1. The van der Waals surface area contributed by atoms with Gasteiger partial charge < -0.3 is 29.3 Å². The first-order valence-corrected chi connectivity index (χ1v) is 14.5. The Morgan fingerprint density at radius 3 is 2.28 bits per heavy atom. The lowest BCUT2D eigenvalue weighted by atomic mass is 9.93. The van der Waals surface area contributed by atoms with Gasteiger partial charge in [0.1, 0.15) is 11.4 Å². The summed E-state index contributed by atoms with van der Waals surface area (Å²) in [7, 11) is 1.65. The van der Waals surface area contributed by atoms with Crippen LogP contribution in [0.25, 0.3) is 0 Å². The maximum atomic E-state index is 14.8. The smallest absolute Gasteiger partial charge is 0.407 e. The summed E-state index contributed by atoms with van der Waals surface area (Å²) in [6.07, 6.45) is 0.144. The molecule has 2 aromatic heterocycles. The standard InChI is InChI=1S/C29H33F5N8O4/c1-29(2,3)45-28(44)37-22-14-42(13-18(22)17-9-20(31)21(32)10-19(17)30)26-35-11-15(12-36-26)25(43)40(4)16-5-7-41(8-6-16)27-38-24(23(33)34)39-46-27/h9-12,16,18,22-23H,5-8,13-14H2,1-4H3,(H,37,44). The predicted molar refractivity (Wildman–Crippen MR) is 153 cm³/mol. The largest absolute Gasteiger partial charge is 0.444 e. The summed E-state index contributed by atoms with van der Waals surface area (Å²) in [5.74, 6) is -5.17. The molecule has 5 rings (SSSR count). The third-order valence-electron chi connectivity index (χ3n) is 7.86. The molecule has 0 radical (unpaired) electrons. The number of ether oxygens (including phenoxy) is 1. The first-order chi connectivity index (χ1) is 21.7. The average molecular weight is 653 g/mol. The molecular formula is C29H33F5N8O4. The van der Waals surface area contributed by atoms with Crippen LogP contribution in [0, 0.1) is 17.5 Å². The lowest BCUT2D eigenvalue weighted by Gasteiger charge is -2.35. The highest BCUT2D eigenvalue weighted by atomic mass is 19.3. The fraction of sp³-hybridized carbons (Fsp3) is 0.517. The third kappa shape index (κ3) is 7.28. The van der Waals surface area contributed by atoms with Crippen LogP contribution < -0.4 is 15.1 Å². The maximum Gasteiger partial charge on any atom is 0.407 e. The summed E-state index contributed by atoms with van der Waals surface area (Å²) in [4.78, 5) is 43.1. The molecule has 3 aromatic rings. The van der Waals surface area contributed by atoms with Gasteiger partial charge in [-0.25, -0.2) is 36.7 Å². The Bertz CT molecular complexity index is 1560. The SMILES string of the molecule is CN(C(=O)c1cnc(N2CC(NC(=O)OC(C)(C)C)C(c3cc(F)c(F)cc3F)C2)nc1)C1CCN(c2nc(C(F)F)no2)CC1. The molecule has 17 heteroatoms. The van der Waals surface area contributed by atoms with Crippen molar-refractivity contribution < 1.29 is 40.8 Å². The van der Waals surface area contributed by atoms with Crippen LogP contribution in [0.1, 0.15) is 67.7 Å². The van der Waals surface area contributed by atoms with Crippen molar-refractivity contribution in [1.29, 1.82) is 0 Å². The molecule has 2 saturated heterocycles. The molecule has 1 aromatic carbocycles. The van der Waals surface area contributed by atoms with E-state index < -0.39 is 53.4 Å². The fourth-order valence-corrected chi connectivity index (χ4v) is 5.56. The van der Waals surface area contributed by atoms with Crippen LogP contribution in [0.5, 0.6) is 0 Å². The average Bonchev–Trinajstić information content (AvgIpc) is 3.66. The highest BCUT2D eigenvalue weighted by Crippen LogP contribution is 2.33. The molecule has 0 aliphatic carbocycles. The molecule has 2 fully saturated rings. The first-order valence-electron chi connectivity index (χ1n) is 14.5. The van der Waals surface area contributed by atoms with Gasteiger partial charge in [-0.1, -0.05) is 5.16 Å². The summed E-state index contributed by atoms with van der Waals surface area (Å²) in [5, 5.41) is 5.97. The number of hydrogen-bond acceptors (Lipinski definition) is 10. The van der Waals surface area contributed by atoms with Crippen molar-refractivity contribution in [1.82, 2.24) is 30.3 Å². The van der Waals surface area contributed by atoms with E-state index in [1.807, 2.05) is 0 Å². The van der Waals surface area contributed by atoms with Gasteiger partial charge in [-0.05, 0) is 45.2 Å². The number of rotatable bonds is 7. The lowest BCUT2D eigenvalue weighted by molar-refractivity contribution is 0.0504. The Labute approximate surface area is 260 Å². The van der Waals surface area contributed by atoms with E-state index in [9.17, 15) is 31.5 Å². The number of piperidine rings is 1. The van der Waals surface area contributed by atoms with Crippen LogP contribution in [-0.4, -0.2) is 87.9 Å². The number of alkyl carbamates (subject to hydrolysis) is 1. The van der Waals surface area contributed by atoms with Crippen molar-refractivity contribution in [2.45, 2.75) is 63.6 Å². The molecule has 248 valence electrons. The number of halogens is 5. The van der Waals surface area contributed by atoms with Crippen LogP contribution >= 0.6 is 0 Å². The molecule has 2 unspecified atom stereocenters. The van der Waals surface area contributed by atoms with Gasteiger partial charge in [-0.15, -0.1) is 0 Å². The second-order valence-corrected chi connectivity index (χ2v) is 12.2. The van der Waals surface area contributed by atoms with Crippen LogP contribution in [0.15, 0.2) is 29.0 Å². The van der Waals surface area contributed by atoms with Crippen molar-refractivity contribution >= 4 is 24.0 Å². The van der Waals surface area contributed by atoms with Gasteiger partial charge >= 0.3 is 18.5 Å². The monoisotopic (exact) mass is 652 g/mol. The fourth-order valence-electron chi connectivity index (χ4n) is 5.56. The highest BCUT2D eigenvalue weighted by Gasteiger charge is 2.39. The third-order valence-corrected chi connectivity index (χ3v) is 7.86. The minimum atomic E-state index is -2.84. The zero-order valence-corrected chi connectivity index (χ0v) is 25.5. The van der Waals surface area contributed by atoms with E-state index in [4.69, 9.17) is 9.26 Å². The summed E-state index contributed by atoms with van der Waals surface area (Å²) in [6, 6.07) is 0.306. The Kier molecular flexibility index (Phi) is 9.30. The van der Waals surface area contributed by atoms with Crippen LogP contribution in [0.4, 0.5) is 38.7 Å². The van der Waals surface area contributed by atoms with Gasteiger partial charge in [-0.3, -0.25) is 4.79 Å². The predicted octanol–water partition coefficient (Wildman–Crippen LogP) is 4.45. The van der Waals surface area contributed by atoms with Gasteiger partial charge in [0, 0.05) is 63.6 Å². The summed E-state index contributed by atoms with van der Waals surface area (Å²) in [6.45, 7) is 6.01. The molecule has 0 spiro atoms. The number of benzene rings is 1. The number of alkyl halides is 2. The van der Waals surface area contributed by atoms with E-state index in [-0.39, 0.29) is 48.1 Å². The summed E-state index contributed by atoms with van der Waals surface area (Å²) in [5.41, 5.74) is -0.733. The maximum absolute atomic E-state index is 14.8. The Balaban J connectivity index is 1.25. The molecule has 0 bridgehead atoms. The number of aromatic nitrogens is 4. The molecule has 2 aliphatic rings. The molecule has 0 saturated carbocycles. The van der Waals surface area contributed by atoms with Gasteiger partial charge in [0.15, 0.2) is 11.6 Å². The number of nitrogens with zero attached hydrogens (tertiary/aromatic N) is 7. The minimum Gasteiger partial charge on any atom is -0.444 e. The van der Waals surface area contributed by atoms with Crippen molar-refractivity contribution in [3.8, 4) is 0 Å². The van der Waals surface area contributed by atoms with Gasteiger partial charge in [0.2, 0.25) is 11.8 Å². The number of carbonyl (C=O) groups excluding carboxylic acids is 2. The first kappa shape index (κ1) is 32.8. The van der Waals surface area contributed by atoms with Crippen molar-refractivity contribution in [3.05, 3.63) is 58.9 Å². The van der Waals surface area contributed by atoms with Crippen molar-refractivity contribution in [2.24, 2.45) is 0 Å². The Morgan fingerprint density at radius 2 is 1.67 bits per heavy atom. The second-order valence-electron chi connectivity index (χ2n) is 12.2. The van der Waals surface area contributed by atoms with Gasteiger partial charge in [0.25, 0.3) is 5.91 Å². The topological polar surface area (TPSA) is 130 Å². The zero-order valence-electron chi connectivity index (χ0n) is 25.5. The van der Waals surface area contributed by atoms with E-state index in [0.29, 0.717) is 32.0 Å². The number of nitrogens with one attached hydrogen (secondary N) is 1. The molecule has 12 nitrogen and oxygen atoms in total. The molecule has 46 heavy (non-hydrogen) atoms. The van der Waals surface area contributed by atoms with Gasteiger partial charge in [-0.2, -0.15) is 4.98 Å². The van der Waals surface area contributed by atoms with E-state index in [2.05, 4.69) is 25.4 Å².